The maximum Gasteiger partial charge on any atom is 0.285 e. The van der Waals surface area contributed by atoms with E-state index in [4.69, 9.17) is 0 Å². The van der Waals surface area contributed by atoms with Gasteiger partial charge in [0.2, 0.25) is 0 Å². The van der Waals surface area contributed by atoms with E-state index in [0.29, 0.717) is 12.1 Å². The molecule has 0 fully saturated rings. The molecular formula is C10H10BrF2N. The minimum Gasteiger partial charge on any atom is -0.296 e. The summed E-state index contributed by atoms with van der Waals surface area (Å²) in [5, 5.41) is 0. The lowest BCUT2D eigenvalue weighted by Crippen LogP contribution is -2.38. The highest BCUT2D eigenvalue weighted by Crippen LogP contribution is 2.36. The number of hydrogen-bond donors (Lipinski definition) is 0. The maximum atomic E-state index is 13.5. The van der Waals surface area contributed by atoms with E-state index in [2.05, 4.69) is 15.9 Å². The molecule has 0 unspecified atom stereocenters. The Kier molecular flexibility index (Phi) is 2.35. The monoisotopic (exact) mass is 261 g/mol. The van der Waals surface area contributed by atoms with Crippen molar-refractivity contribution in [1.29, 1.82) is 0 Å². The van der Waals surface area contributed by atoms with Crippen molar-refractivity contribution in [3.8, 4) is 0 Å². The van der Waals surface area contributed by atoms with Gasteiger partial charge in [0.05, 0.1) is 6.54 Å². The fraction of sp³-hybridized carbons (Fsp3) is 0.400. The Morgan fingerprint density at radius 1 is 1.43 bits per heavy atom. The van der Waals surface area contributed by atoms with E-state index in [1.165, 1.54) is 6.07 Å². The van der Waals surface area contributed by atoms with E-state index in [1.54, 1.807) is 24.1 Å². The molecule has 0 spiro atoms. The van der Waals surface area contributed by atoms with Crippen LogP contribution in [0.4, 0.5) is 8.78 Å². The first kappa shape index (κ1) is 10.1. The van der Waals surface area contributed by atoms with Crippen LogP contribution >= 0.6 is 15.9 Å². The van der Waals surface area contributed by atoms with Gasteiger partial charge in [0.1, 0.15) is 0 Å². The summed E-state index contributed by atoms with van der Waals surface area (Å²) in [5.74, 6) is -2.72. The van der Waals surface area contributed by atoms with Gasteiger partial charge in [0, 0.05) is 16.6 Å². The Morgan fingerprint density at radius 2 is 2.14 bits per heavy atom. The Morgan fingerprint density at radius 3 is 2.86 bits per heavy atom. The molecule has 1 aromatic carbocycles. The minimum absolute atomic E-state index is 0.166. The number of rotatable bonds is 0. The average molecular weight is 262 g/mol. The minimum atomic E-state index is -2.72. The average Bonchev–Trinajstić information content (AvgIpc) is 2.00. The molecule has 0 saturated carbocycles. The highest BCUT2D eigenvalue weighted by molar-refractivity contribution is 9.10. The van der Waals surface area contributed by atoms with Crippen molar-refractivity contribution < 1.29 is 8.78 Å². The van der Waals surface area contributed by atoms with E-state index in [-0.39, 0.29) is 12.1 Å². The SMILES string of the molecule is CN1Cc2cc(Br)ccc2C(F)(F)C1. The van der Waals surface area contributed by atoms with Crippen molar-refractivity contribution in [2.75, 3.05) is 13.6 Å². The Balaban J connectivity index is 2.52. The molecule has 0 saturated heterocycles. The predicted octanol–water partition coefficient (Wildman–Crippen LogP) is 2.99. The van der Waals surface area contributed by atoms with Crippen molar-refractivity contribution in [3.05, 3.63) is 33.8 Å². The summed E-state index contributed by atoms with van der Waals surface area (Å²) >= 11 is 3.28. The van der Waals surface area contributed by atoms with Gasteiger partial charge in [0.15, 0.2) is 0 Å². The highest BCUT2D eigenvalue weighted by atomic mass is 79.9. The van der Waals surface area contributed by atoms with E-state index >= 15 is 0 Å². The van der Waals surface area contributed by atoms with Crippen LogP contribution in [-0.4, -0.2) is 18.5 Å². The van der Waals surface area contributed by atoms with Gasteiger partial charge >= 0.3 is 0 Å². The van der Waals surface area contributed by atoms with E-state index in [0.717, 1.165) is 4.47 Å². The van der Waals surface area contributed by atoms with Gasteiger partial charge in [-0.05, 0) is 24.7 Å². The third-order valence-electron chi connectivity index (χ3n) is 2.37. The molecule has 14 heavy (non-hydrogen) atoms. The number of benzene rings is 1. The fourth-order valence-electron chi connectivity index (χ4n) is 1.82. The van der Waals surface area contributed by atoms with E-state index in [9.17, 15) is 8.78 Å². The van der Waals surface area contributed by atoms with Gasteiger partial charge in [-0.3, -0.25) is 4.90 Å². The second kappa shape index (κ2) is 3.28. The summed E-state index contributed by atoms with van der Waals surface area (Å²) in [7, 11) is 1.71. The third-order valence-corrected chi connectivity index (χ3v) is 2.86. The van der Waals surface area contributed by atoms with Crippen LogP contribution in [0, 0.1) is 0 Å². The molecule has 2 rings (SSSR count). The van der Waals surface area contributed by atoms with Gasteiger partial charge in [-0.15, -0.1) is 0 Å². The lowest BCUT2D eigenvalue weighted by molar-refractivity contribution is -0.0455. The summed E-state index contributed by atoms with van der Waals surface area (Å²) in [6.07, 6.45) is 0. The molecule has 0 atom stereocenters. The molecule has 0 N–H and O–H groups in total. The number of halogens is 3. The number of hydrogen-bond acceptors (Lipinski definition) is 1. The summed E-state index contributed by atoms with van der Waals surface area (Å²) < 4.78 is 27.9. The number of likely N-dealkylation sites (N-methyl/N-ethyl adjacent to an activating group) is 1. The molecule has 76 valence electrons. The van der Waals surface area contributed by atoms with Gasteiger partial charge in [-0.25, -0.2) is 0 Å². The van der Waals surface area contributed by atoms with Gasteiger partial charge in [-0.1, -0.05) is 22.0 Å². The van der Waals surface area contributed by atoms with Crippen LogP contribution in [0.1, 0.15) is 11.1 Å². The van der Waals surface area contributed by atoms with Crippen LogP contribution in [0.5, 0.6) is 0 Å². The molecule has 0 amide bonds. The lowest BCUT2D eigenvalue weighted by atomic mass is 9.97. The van der Waals surface area contributed by atoms with Crippen LogP contribution in [-0.2, 0) is 12.5 Å². The smallest absolute Gasteiger partial charge is 0.285 e. The summed E-state index contributed by atoms with van der Waals surface area (Å²) in [5.41, 5.74) is 0.872. The van der Waals surface area contributed by atoms with Crippen LogP contribution in [0.3, 0.4) is 0 Å². The molecule has 0 aliphatic carbocycles. The highest BCUT2D eigenvalue weighted by Gasteiger charge is 2.38. The molecule has 1 aliphatic rings. The molecule has 0 bridgehead atoms. The number of alkyl halides is 2. The summed E-state index contributed by atoms with van der Waals surface area (Å²) in [6, 6.07) is 4.93. The van der Waals surface area contributed by atoms with Crippen molar-refractivity contribution in [3.63, 3.8) is 0 Å². The third kappa shape index (κ3) is 1.68. The molecular weight excluding hydrogens is 252 g/mol. The Labute approximate surface area is 89.8 Å². The molecule has 1 aliphatic heterocycles. The van der Waals surface area contributed by atoms with Gasteiger partial charge in [0.25, 0.3) is 5.92 Å². The van der Waals surface area contributed by atoms with Crippen LogP contribution in [0.15, 0.2) is 22.7 Å². The largest absolute Gasteiger partial charge is 0.296 e. The zero-order chi connectivity index (χ0) is 10.3. The predicted molar refractivity (Wildman–Crippen MR) is 54.4 cm³/mol. The standard InChI is InChI=1S/C10H10BrF2N/c1-14-5-7-4-8(11)2-3-9(7)10(12,13)6-14/h2-4H,5-6H2,1H3. The molecule has 1 heterocycles. The Hall–Kier alpha value is -0.480. The van der Waals surface area contributed by atoms with E-state index < -0.39 is 5.92 Å². The molecule has 4 heteroatoms. The van der Waals surface area contributed by atoms with Crippen molar-refractivity contribution in [1.82, 2.24) is 4.90 Å². The first-order valence-corrected chi connectivity index (χ1v) is 5.13. The first-order valence-electron chi connectivity index (χ1n) is 4.34. The van der Waals surface area contributed by atoms with Crippen LogP contribution in [0.25, 0.3) is 0 Å². The molecule has 1 aromatic rings. The number of fused-ring (bicyclic) bond motifs is 1. The normalized spacial score (nSPS) is 20.6. The first-order chi connectivity index (χ1) is 6.49. The zero-order valence-corrected chi connectivity index (χ0v) is 9.31. The van der Waals surface area contributed by atoms with Gasteiger partial charge < -0.3 is 0 Å². The zero-order valence-electron chi connectivity index (χ0n) is 7.73. The molecule has 0 aromatic heterocycles. The van der Waals surface area contributed by atoms with Crippen LogP contribution in [0.2, 0.25) is 0 Å². The molecule has 0 radical (unpaired) electrons. The topological polar surface area (TPSA) is 3.24 Å². The van der Waals surface area contributed by atoms with Crippen molar-refractivity contribution >= 4 is 15.9 Å². The fourth-order valence-corrected chi connectivity index (χ4v) is 2.23. The summed E-state index contributed by atoms with van der Waals surface area (Å²) in [4.78, 5) is 1.63. The number of nitrogens with zero attached hydrogens (tertiary/aromatic N) is 1. The second-order valence-corrected chi connectivity index (χ2v) is 4.59. The van der Waals surface area contributed by atoms with Crippen LogP contribution < -0.4 is 0 Å². The maximum absolute atomic E-state index is 13.5. The lowest BCUT2D eigenvalue weighted by Gasteiger charge is -2.31. The van der Waals surface area contributed by atoms with Crippen molar-refractivity contribution in [2.45, 2.75) is 12.5 Å². The van der Waals surface area contributed by atoms with E-state index in [1.807, 2.05) is 0 Å². The second-order valence-electron chi connectivity index (χ2n) is 3.68. The molecule has 1 nitrogen and oxygen atoms in total. The Bertz CT molecular complexity index is 365. The quantitative estimate of drug-likeness (QED) is 0.694. The summed E-state index contributed by atoms with van der Waals surface area (Å²) in [6.45, 7) is 0.395. The van der Waals surface area contributed by atoms with Gasteiger partial charge in [-0.2, -0.15) is 8.78 Å². The van der Waals surface area contributed by atoms with Crippen molar-refractivity contribution in [2.24, 2.45) is 0 Å².